The number of anilines is 1. The molecule has 0 aliphatic heterocycles. The lowest BCUT2D eigenvalue weighted by molar-refractivity contribution is 0.327. The van der Waals surface area contributed by atoms with Gasteiger partial charge in [0.05, 0.1) is 17.6 Å². The molecule has 0 aliphatic rings. The molecule has 0 radical (unpaired) electrons. The number of ether oxygens (including phenoxy) is 1. The summed E-state index contributed by atoms with van der Waals surface area (Å²) in [6.07, 6.45) is 0. The topological polar surface area (TPSA) is 68.3 Å². The van der Waals surface area contributed by atoms with Gasteiger partial charge >= 0.3 is 0 Å². The Balaban J connectivity index is 2.35. The molecule has 0 aliphatic carbocycles. The minimum absolute atomic E-state index is 0.554. The molecule has 0 atom stereocenters. The van der Waals surface area contributed by atoms with E-state index in [1.54, 1.807) is 0 Å². The Hall–Kier alpha value is -2.17. The Morgan fingerprint density at radius 3 is 3.06 bits per heavy atom. The molecule has 2 heterocycles. The average molecular weight is 216 g/mol. The number of rotatable bonds is 2. The number of para-hydroxylation sites is 2. The lowest BCUT2D eigenvalue weighted by atomic mass is 10.3. The van der Waals surface area contributed by atoms with Crippen LogP contribution in [0.2, 0.25) is 0 Å². The van der Waals surface area contributed by atoms with Gasteiger partial charge in [0.1, 0.15) is 5.69 Å². The third kappa shape index (κ3) is 1.08. The average Bonchev–Trinajstić information content (AvgIpc) is 2.79. The summed E-state index contributed by atoms with van der Waals surface area (Å²) < 4.78 is 7.23. The molecule has 0 bridgehead atoms. The molecule has 2 aromatic heterocycles. The third-order valence-electron chi connectivity index (χ3n) is 2.55. The van der Waals surface area contributed by atoms with Gasteiger partial charge in [0.2, 0.25) is 5.88 Å². The van der Waals surface area contributed by atoms with Crippen LogP contribution in [-0.2, 0) is 0 Å². The number of nitrogens with one attached hydrogen (secondary N) is 1. The number of nitrogens with two attached hydrogens (primary N) is 1. The Morgan fingerprint density at radius 1 is 1.44 bits per heavy atom. The lowest BCUT2D eigenvalue weighted by Crippen LogP contribution is -1.95. The Morgan fingerprint density at radius 2 is 2.25 bits per heavy atom. The zero-order chi connectivity index (χ0) is 11.1. The van der Waals surface area contributed by atoms with Crippen molar-refractivity contribution in [3.63, 3.8) is 0 Å². The Labute approximate surface area is 91.8 Å². The third-order valence-corrected chi connectivity index (χ3v) is 2.55. The molecular formula is C11H12N4O. The summed E-state index contributed by atoms with van der Waals surface area (Å²) in [5, 5.41) is 3.09. The second-order valence-corrected chi connectivity index (χ2v) is 3.55. The second kappa shape index (κ2) is 3.16. The Kier molecular flexibility index (Phi) is 1.80. The van der Waals surface area contributed by atoms with Crippen LogP contribution in [0.4, 0.5) is 5.69 Å². The summed E-state index contributed by atoms with van der Waals surface area (Å²) in [7, 11) is 0. The fourth-order valence-electron chi connectivity index (χ4n) is 1.84. The standard InChI is InChI=1S/C11H12N4O/c1-2-16-11-9(12)10-13-7-5-3-4-6-8(7)15(10)14-11/h3-6,14H,2,12H2,1H3. The summed E-state index contributed by atoms with van der Waals surface area (Å²) >= 11 is 0. The van der Waals surface area contributed by atoms with E-state index in [9.17, 15) is 0 Å². The van der Waals surface area contributed by atoms with Crippen molar-refractivity contribution >= 4 is 22.4 Å². The molecule has 0 saturated carbocycles. The van der Waals surface area contributed by atoms with Crippen molar-refractivity contribution in [2.45, 2.75) is 6.92 Å². The molecule has 0 amide bonds. The van der Waals surface area contributed by atoms with Crippen LogP contribution in [0.3, 0.4) is 0 Å². The van der Waals surface area contributed by atoms with E-state index in [4.69, 9.17) is 10.5 Å². The van der Waals surface area contributed by atoms with Gasteiger partial charge in [0.25, 0.3) is 0 Å². The highest BCUT2D eigenvalue weighted by atomic mass is 16.5. The van der Waals surface area contributed by atoms with Crippen molar-refractivity contribution in [3.05, 3.63) is 24.3 Å². The molecule has 0 saturated heterocycles. The van der Waals surface area contributed by atoms with E-state index in [1.807, 2.05) is 35.7 Å². The molecule has 1 aromatic carbocycles. The first kappa shape index (κ1) is 9.08. The van der Waals surface area contributed by atoms with Gasteiger partial charge < -0.3 is 10.5 Å². The summed E-state index contributed by atoms with van der Waals surface area (Å²) in [5.74, 6) is 0.579. The number of nitrogens with zero attached hydrogens (tertiary/aromatic N) is 2. The number of fused-ring (bicyclic) bond motifs is 3. The number of hydrogen-bond donors (Lipinski definition) is 2. The summed E-state index contributed by atoms with van der Waals surface area (Å²) in [4.78, 5) is 4.44. The van der Waals surface area contributed by atoms with Crippen LogP contribution in [0.5, 0.6) is 5.88 Å². The van der Waals surface area contributed by atoms with E-state index in [1.165, 1.54) is 0 Å². The monoisotopic (exact) mass is 216 g/mol. The molecule has 0 spiro atoms. The highest BCUT2D eigenvalue weighted by molar-refractivity contribution is 5.85. The van der Waals surface area contributed by atoms with Crippen molar-refractivity contribution in [3.8, 4) is 5.88 Å². The molecule has 3 N–H and O–H groups in total. The fourth-order valence-corrected chi connectivity index (χ4v) is 1.84. The van der Waals surface area contributed by atoms with Crippen LogP contribution < -0.4 is 10.5 Å². The Bertz CT molecular complexity index is 652. The number of imidazole rings is 1. The fraction of sp³-hybridized carbons (Fsp3) is 0.182. The van der Waals surface area contributed by atoms with Crippen LogP contribution in [0, 0.1) is 0 Å². The van der Waals surface area contributed by atoms with Crippen molar-refractivity contribution in [1.82, 2.24) is 14.6 Å². The molecule has 5 heteroatoms. The minimum Gasteiger partial charge on any atom is -0.477 e. The van der Waals surface area contributed by atoms with E-state index in [0.29, 0.717) is 23.8 Å². The molecule has 0 fully saturated rings. The SMILES string of the molecule is CCOc1[nH]n2c(nc3ccccc32)c1N. The van der Waals surface area contributed by atoms with Crippen LogP contribution in [-0.4, -0.2) is 21.2 Å². The summed E-state index contributed by atoms with van der Waals surface area (Å²) in [6.45, 7) is 2.49. The predicted molar refractivity (Wildman–Crippen MR) is 62.6 cm³/mol. The number of H-pyrrole nitrogens is 1. The highest BCUT2D eigenvalue weighted by Gasteiger charge is 2.13. The van der Waals surface area contributed by atoms with Crippen LogP contribution >= 0.6 is 0 Å². The maximum atomic E-state index is 5.95. The first-order valence-corrected chi connectivity index (χ1v) is 5.18. The zero-order valence-corrected chi connectivity index (χ0v) is 8.90. The highest BCUT2D eigenvalue weighted by Crippen LogP contribution is 2.27. The summed E-state index contributed by atoms with van der Waals surface area (Å²) in [5.41, 5.74) is 9.13. The number of aromatic nitrogens is 3. The van der Waals surface area contributed by atoms with Crippen LogP contribution in [0.25, 0.3) is 16.7 Å². The van der Waals surface area contributed by atoms with Gasteiger partial charge in [-0.05, 0) is 19.1 Å². The number of benzene rings is 1. The van der Waals surface area contributed by atoms with Gasteiger partial charge in [-0.1, -0.05) is 12.1 Å². The molecule has 3 aromatic rings. The number of nitrogen functional groups attached to an aromatic ring is 1. The summed E-state index contributed by atoms with van der Waals surface area (Å²) in [6, 6.07) is 7.86. The van der Waals surface area contributed by atoms with Gasteiger partial charge in [-0.3, -0.25) is 5.10 Å². The van der Waals surface area contributed by atoms with Crippen LogP contribution in [0.1, 0.15) is 6.92 Å². The van der Waals surface area contributed by atoms with Crippen molar-refractivity contribution < 1.29 is 4.74 Å². The van der Waals surface area contributed by atoms with Gasteiger partial charge in [0, 0.05) is 0 Å². The quantitative estimate of drug-likeness (QED) is 0.686. The normalized spacial score (nSPS) is 11.3. The maximum Gasteiger partial charge on any atom is 0.234 e. The first-order chi connectivity index (χ1) is 7.81. The first-order valence-electron chi connectivity index (χ1n) is 5.18. The smallest absolute Gasteiger partial charge is 0.234 e. The van der Waals surface area contributed by atoms with Gasteiger partial charge in [-0.2, -0.15) is 0 Å². The zero-order valence-electron chi connectivity index (χ0n) is 8.90. The largest absolute Gasteiger partial charge is 0.477 e. The predicted octanol–water partition coefficient (Wildman–Crippen LogP) is 1.80. The lowest BCUT2D eigenvalue weighted by Gasteiger charge is -1.98. The van der Waals surface area contributed by atoms with E-state index in [0.717, 1.165) is 11.0 Å². The second-order valence-electron chi connectivity index (χ2n) is 3.55. The van der Waals surface area contributed by atoms with Gasteiger partial charge in [0.15, 0.2) is 5.65 Å². The van der Waals surface area contributed by atoms with E-state index < -0.39 is 0 Å². The molecule has 82 valence electrons. The van der Waals surface area contributed by atoms with E-state index in [2.05, 4.69) is 10.1 Å². The van der Waals surface area contributed by atoms with E-state index >= 15 is 0 Å². The number of hydrogen-bond acceptors (Lipinski definition) is 3. The number of aromatic amines is 1. The molecule has 16 heavy (non-hydrogen) atoms. The van der Waals surface area contributed by atoms with Crippen LogP contribution in [0.15, 0.2) is 24.3 Å². The van der Waals surface area contributed by atoms with Crippen molar-refractivity contribution in [2.24, 2.45) is 0 Å². The van der Waals surface area contributed by atoms with Gasteiger partial charge in [-0.25, -0.2) is 9.50 Å². The maximum absolute atomic E-state index is 5.95. The molecule has 3 rings (SSSR count). The van der Waals surface area contributed by atoms with Crippen molar-refractivity contribution in [1.29, 1.82) is 0 Å². The molecule has 0 unspecified atom stereocenters. The minimum atomic E-state index is 0.554. The molecule has 5 nitrogen and oxygen atoms in total. The van der Waals surface area contributed by atoms with E-state index in [-0.39, 0.29) is 0 Å². The van der Waals surface area contributed by atoms with Crippen molar-refractivity contribution in [2.75, 3.05) is 12.3 Å². The molecular weight excluding hydrogens is 204 g/mol. The van der Waals surface area contributed by atoms with Gasteiger partial charge in [-0.15, -0.1) is 0 Å².